The molecule has 2 N–H and O–H groups in total. The molecule has 0 radical (unpaired) electrons. The van der Waals surface area contributed by atoms with Crippen LogP contribution >= 0.6 is 0 Å². The van der Waals surface area contributed by atoms with Crippen LogP contribution in [0.4, 0.5) is 5.82 Å². The number of anilines is 1. The van der Waals surface area contributed by atoms with Crippen LogP contribution in [0.1, 0.15) is 13.8 Å². The van der Waals surface area contributed by atoms with Crippen molar-refractivity contribution in [3.63, 3.8) is 0 Å². The van der Waals surface area contributed by atoms with E-state index in [9.17, 15) is 0 Å². The summed E-state index contributed by atoms with van der Waals surface area (Å²) in [6, 6.07) is 0.383. The van der Waals surface area contributed by atoms with Crippen LogP contribution in [0.2, 0.25) is 0 Å². The van der Waals surface area contributed by atoms with Crippen LogP contribution in [0.15, 0.2) is 12.7 Å². The number of hydrazine groups is 1. The molecule has 0 aliphatic carbocycles. The Morgan fingerprint density at radius 3 is 2.87 bits per heavy atom. The van der Waals surface area contributed by atoms with Crippen molar-refractivity contribution in [3.8, 4) is 0 Å². The van der Waals surface area contributed by atoms with Gasteiger partial charge in [0.1, 0.15) is 6.33 Å². The molecule has 0 aromatic carbocycles. The van der Waals surface area contributed by atoms with Crippen molar-refractivity contribution >= 4 is 17.0 Å². The van der Waals surface area contributed by atoms with Crippen LogP contribution in [-0.4, -0.2) is 38.0 Å². The van der Waals surface area contributed by atoms with E-state index in [4.69, 9.17) is 0 Å². The lowest BCUT2D eigenvalue weighted by Crippen LogP contribution is -2.32. The molecule has 0 aliphatic rings. The molecule has 15 heavy (non-hydrogen) atoms. The third-order valence-corrected chi connectivity index (χ3v) is 2.27. The van der Waals surface area contributed by atoms with E-state index in [1.807, 2.05) is 12.1 Å². The van der Waals surface area contributed by atoms with E-state index in [1.54, 1.807) is 6.33 Å². The fourth-order valence-electron chi connectivity index (χ4n) is 1.14. The first kappa shape index (κ1) is 9.85. The molecule has 80 valence electrons. The predicted octanol–water partition coefficient (Wildman–Crippen LogP) is 1.02. The SMILES string of the molecule is CC(C)N(C)Nc1ncnc2[nH]cnc12. The monoisotopic (exact) mass is 206 g/mol. The molecule has 0 saturated carbocycles. The maximum absolute atomic E-state index is 4.16. The minimum atomic E-state index is 0.383. The van der Waals surface area contributed by atoms with Crippen LogP contribution in [-0.2, 0) is 0 Å². The standard InChI is InChI=1S/C9H14N6/c1-6(2)15(3)14-9-7-8(11-4-10-7)12-5-13-9/h4-6H,1-3H3,(H2,10,11,12,13,14). The number of imidazole rings is 1. The Balaban J connectivity index is 2.31. The number of nitrogens with zero attached hydrogens (tertiary/aromatic N) is 4. The second-order valence-electron chi connectivity index (χ2n) is 3.64. The zero-order chi connectivity index (χ0) is 10.8. The molecule has 6 nitrogen and oxygen atoms in total. The average Bonchev–Trinajstić information content (AvgIpc) is 2.66. The zero-order valence-electron chi connectivity index (χ0n) is 9.02. The lowest BCUT2D eigenvalue weighted by Gasteiger charge is -2.22. The Kier molecular flexibility index (Phi) is 2.51. The topological polar surface area (TPSA) is 69.7 Å². The van der Waals surface area contributed by atoms with Gasteiger partial charge in [0.2, 0.25) is 0 Å². The number of rotatable bonds is 3. The van der Waals surface area contributed by atoms with Crippen LogP contribution in [0.5, 0.6) is 0 Å². The second kappa shape index (κ2) is 3.82. The maximum atomic E-state index is 4.16. The van der Waals surface area contributed by atoms with Gasteiger partial charge >= 0.3 is 0 Å². The van der Waals surface area contributed by atoms with Crippen LogP contribution < -0.4 is 5.43 Å². The highest BCUT2D eigenvalue weighted by atomic mass is 15.5. The Hall–Kier alpha value is -1.69. The third-order valence-electron chi connectivity index (χ3n) is 2.27. The van der Waals surface area contributed by atoms with Crippen molar-refractivity contribution in [1.82, 2.24) is 24.9 Å². The van der Waals surface area contributed by atoms with Gasteiger partial charge in [-0.3, -0.25) is 0 Å². The fraction of sp³-hybridized carbons (Fsp3) is 0.444. The van der Waals surface area contributed by atoms with Crippen LogP contribution in [0, 0.1) is 0 Å². The highest BCUT2D eigenvalue weighted by molar-refractivity contribution is 5.81. The van der Waals surface area contributed by atoms with Crippen LogP contribution in [0.25, 0.3) is 11.2 Å². The minimum Gasteiger partial charge on any atom is -0.329 e. The molecular weight excluding hydrogens is 192 g/mol. The van der Waals surface area contributed by atoms with Gasteiger partial charge in [-0.2, -0.15) is 0 Å². The Labute approximate surface area is 87.7 Å². The molecule has 0 fully saturated rings. The minimum absolute atomic E-state index is 0.383. The van der Waals surface area contributed by atoms with Gasteiger partial charge in [-0.05, 0) is 13.8 Å². The van der Waals surface area contributed by atoms with Gasteiger partial charge in [0.25, 0.3) is 0 Å². The second-order valence-corrected chi connectivity index (χ2v) is 3.64. The predicted molar refractivity (Wildman–Crippen MR) is 58.2 cm³/mol. The van der Waals surface area contributed by atoms with Gasteiger partial charge in [0, 0.05) is 13.1 Å². The van der Waals surface area contributed by atoms with Gasteiger partial charge in [-0.1, -0.05) is 0 Å². The summed E-state index contributed by atoms with van der Waals surface area (Å²) in [6.45, 7) is 4.19. The van der Waals surface area contributed by atoms with Crippen molar-refractivity contribution in [2.24, 2.45) is 0 Å². The van der Waals surface area contributed by atoms with Crippen molar-refractivity contribution in [1.29, 1.82) is 0 Å². The summed E-state index contributed by atoms with van der Waals surface area (Å²) in [5, 5.41) is 1.97. The summed E-state index contributed by atoms with van der Waals surface area (Å²) in [7, 11) is 1.96. The smallest absolute Gasteiger partial charge is 0.172 e. The van der Waals surface area contributed by atoms with Gasteiger partial charge in [0.15, 0.2) is 17.0 Å². The van der Waals surface area contributed by atoms with E-state index in [0.29, 0.717) is 6.04 Å². The zero-order valence-corrected chi connectivity index (χ0v) is 9.02. The lowest BCUT2D eigenvalue weighted by molar-refractivity contribution is 0.329. The number of hydrogen-bond donors (Lipinski definition) is 2. The number of fused-ring (bicyclic) bond motifs is 1. The van der Waals surface area contributed by atoms with Gasteiger partial charge in [-0.15, -0.1) is 0 Å². The highest BCUT2D eigenvalue weighted by Crippen LogP contribution is 2.14. The lowest BCUT2D eigenvalue weighted by atomic mass is 10.4. The quantitative estimate of drug-likeness (QED) is 0.734. The van der Waals surface area contributed by atoms with Crippen molar-refractivity contribution in [2.75, 3.05) is 12.5 Å². The van der Waals surface area contributed by atoms with Gasteiger partial charge in [-0.25, -0.2) is 20.0 Å². The molecule has 0 aliphatic heterocycles. The molecule has 0 atom stereocenters. The van der Waals surface area contributed by atoms with Crippen molar-refractivity contribution in [2.45, 2.75) is 19.9 Å². The summed E-state index contributed by atoms with van der Waals surface area (Å²) in [5.74, 6) is 0.720. The molecule has 0 bridgehead atoms. The highest BCUT2D eigenvalue weighted by Gasteiger charge is 2.09. The number of H-pyrrole nitrogens is 1. The fourth-order valence-corrected chi connectivity index (χ4v) is 1.14. The molecule has 0 spiro atoms. The molecule has 2 heterocycles. The summed E-state index contributed by atoms with van der Waals surface area (Å²) < 4.78 is 0. The normalized spacial score (nSPS) is 11.5. The molecule has 0 saturated heterocycles. The number of hydrogen-bond acceptors (Lipinski definition) is 5. The number of aromatic nitrogens is 4. The number of nitrogens with one attached hydrogen (secondary N) is 2. The maximum Gasteiger partial charge on any atom is 0.172 e. The molecule has 6 heteroatoms. The molecule has 0 amide bonds. The average molecular weight is 206 g/mol. The van der Waals surface area contributed by atoms with Crippen molar-refractivity contribution < 1.29 is 0 Å². The summed E-state index contributed by atoms with van der Waals surface area (Å²) in [6.07, 6.45) is 3.12. The molecule has 2 aromatic heterocycles. The molecular formula is C9H14N6. The summed E-state index contributed by atoms with van der Waals surface area (Å²) in [5.41, 5.74) is 4.67. The molecule has 2 rings (SSSR count). The third kappa shape index (κ3) is 1.89. The summed E-state index contributed by atoms with van der Waals surface area (Å²) in [4.78, 5) is 15.3. The molecule has 0 unspecified atom stereocenters. The van der Waals surface area contributed by atoms with Crippen molar-refractivity contribution in [3.05, 3.63) is 12.7 Å². The van der Waals surface area contributed by atoms with E-state index < -0.39 is 0 Å². The first-order valence-corrected chi connectivity index (χ1v) is 4.82. The van der Waals surface area contributed by atoms with E-state index in [-0.39, 0.29) is 0 Å². The number of aromatic amines is 1. The Morgan fingerprint density at radius 1 is 1.33 bits per heavy atom. The largest absolute Gasteiger partial charge is 0.329 e. The van der Waals surface area contributed by atoms with E-state index in [2.05, 4.69) is 39.2 Å². The van der Waals surface area contributed by atoms with E-state index >= 15 is 0 Å². The van der Waals surface area contributed by atoms with Gasteiger partial charge < -0.3 is 10.4 Å². The Bertz CT molecular complexity index is 449. The van der Waals surface area contributed by atoms with Gasteiger partial charge in [0.05, 0.1) is 6.33 Å². The van der Waals surface area contributed by atoms with E-state index in [0.717, 1.165) is 17.0 Å². The first-order chi connectivity index (χ1) is 7.18. The summed E-state index contributed by atoms with van der Waals surface area (Å²) >= 11 is 0. The first-order valence-electron chi connectivity index (χ1n) is 4.82. The Morgan fingerprint density at radius 2 is 2.13 bits per heavy atom. The van der Waals surface area contributed by atoms with E-state index in [1.165, 1.54) is 6.33 Å². The molecule has 2 aromatic rings. The van der Waals surface area contributed by atoms with Crippen LogP contribution in [0.3, 0.4) is 0 Å².